The number of para-hydroxylation sites is 1. The van der Waals surface area contributed by atoms with Gasteiger partial charge in [0.1, 0.15) is 5.75 Å². The highest BCUT2D eigenvalue weighted by Gasteiger charge is 2.16. The zero-order chi connectivity index (χ0) is 19.8. The van der Waals surface area contributed by atoms with Gasteiger partial charge in [0.15, 0.2) is 0 Å². The summed E-state index contributed by atoms with van der Waals surface area (Å²) in [4.78, 5) is 14.9. The number of ether oxygens (including phenoxy) is 1. The third kappa shape index (κ3) is 5.83. The molecule has 1 aliphatic rings. The Kier molecular flexibility index (Phi) is 7.49. The molecule has 0 radical (unpaired) electrons. The van der Waals surface area contributed by atoms with Gasteiger partial charge in [0.2, 0.25) is 0 Å². The van der Waals surface area contributed by atoms with Crippen molar-refractivity contribution in [1.29, 1.82) is 0 Å². The fraction of sp³-hybridized carbons (Fsp3) is 0.458. The molecule has 0 saturated carbocycles. The molecule has 0 aromatic heterocycles. The molecule has 2 aromatic carbocycles. The van der Waals surface area contributed by atoms with Gasteiger partial charge in [0, 0.05) is 25.2 Å². The van der Waals surface area contributed by atoms with Gasteiger partial charge in [-0.1, -0.05) is 37.3 Å². The molecular weight excluding hydrogens is 348 g/mol. The van der Waals surface area contributed by atoms with Gasteiger partial charge in [0.05, 0.1) is 7.11 Å². The molecule has 1 heterocycles. The first-order valence-corrected chi connectivity index (χ1v) is 10.4. The van der Waals surface area contributed by atoms with Crippen LogP contribution >= 0.6 is 0 Å². The van der Waals surface area contributed by atoms with Gasteiger partial charge in [-0.15, -0.1) is 0 Å². The van der Waals surface area contributed by atoms with Crippen LogP contribution in [-0.4, -0.2) is 37.6 Å². The van der Waals surface area contributed by atoms with E-state index in [-0.39, 0.29) is 5.91 Å². The van der Waals surface area contributed by atoms with E-state index in [9.17, 15) is 4.79 Å². The third-order valence-corrected chi connectivity index (χ3v) is 5.46. The molecular formula is C24H32N2O2. The maximum absolute atomic E-state index is 12.4. The first-order valence-electron chi connectivity index (χ1n) is 10.4. The molecule has 4 nitrogen and oxygen atoms in total. The van der Waals surface area contributed by atoms with Crippen LogP contribution in [0.2, 0.25) is 0 Å². The van der Waals surface area contributed by atoms with Crippen LogP contribution < -0.4 is 10.1 Å². The Morgan fingerprint density at radius 1 is 1.18 bits per heavy atom. The van der Waals surface area contributed by atoms with Crippen molar-refractivity contribution in [2.45, 2.75) is 39.2 Å². The van der Waals surface area contributed by atoms with Crippen LogP contribution in [0.15, 0.2) is 48.5 Å². The number of piperidine rings is 1. The van der Waals surface area contributed by atoms with Gasteiger partial charge in [-0.05, 0) is 67.5 Å². The van der Waals surface area contributed by atoms with E-state index in [1.165, 1.54) is 37.1 Å². The lowest BCUT2D eigenvalue weighted by atomic mass is 9.99. The Morgan fingerprint density at radius 2 is 1.96 bits per heavy atom. The van der Waals surface area contributed by atoms with Crippen molar-refractivity contribution < 1.29 is 9.53 Å². The second-order valence-electron chi connectivity index (χ2n) is 7.85. The maximum Gasteiger partial charge on any atom is 0.251 e. The van der Waals surface area contributed by atoms with Gasteiger partial charge < -0.3 is 10.1 Å². The number of hydrogen-bond donors (Lipinski definition) is 1. The fourth-order valence-corrected chi connectivity index (χ4v) is 3.94. The van der Waals surface area contributed by atoms with Gasteiger partial charge in [0.25, 0.3) is 5.91 Å². The number of nitrogens with one attached hydrogen (secondary N) is 1. The zero-order valence-electron chi connectivity index (χ0n) is 17.1. The molecule has 2 aromatic rings. The molecule has 0 bridgehead atoms. The second kappa shape index (κ2) is 10.3. The van der Waals surface area contributed by atoms with Crippen LogP contribution in [-0.2, 0) is 13.0 Å². The molecule has 0 unspecified atom stereocenters. The molecule has 1 saturated heterocycles. The summed E-state index contributed by atoms with van der Waals surface area (Å²) in [6.07, 6.45) is 4.40. The normalized spacial score (nSPS) is 17.3. The van der Waals surface area contributed by atoms with E-state index in [1.807, 2.05) is 30.3 Å². The average Bonchev–Trinajstić information content (AvgIpc) is 2.72. The minimum Gasteiger partial charge on any atom is -0.496 e. The summed E-state index contributed by atoms with van der Waals surface area (Å²) in [6.45, 7) is 6.32. The quantitative estimate of drug-likeness (QED) is 0.695. The Balaban J connectivity index is 1.43. The van der Waals surface area contributed by atoms with Crippen molar-refractivity contribution in [3.8, 4) is 5.75 Å². The predicted molar refractivity (Wildman–Crippen MR) is 114 cm³/mol. The molecule has 28 heavy (non-hydrogen) atoms. The summed E-state index contributed by atoms with van der Waals surface area (Å²) in [7, 11) is 1.69. The lowest BCUT2D eigenvalue weighted by Gasteiger charge is -2.30. The number of aryl methyl sites for hydroxylation is 1. The largest absolute Gasteiger partial charge is 0.496 e. The molecule has 1 aliphatic heterocycles. The third-order valence-electron chi connectivity index (χ3n) is 5.46. The highest BCUT2D eigenvalue weighted by Crippen LogP contribution is 2.19. The summed E-state index contributed by atoms with van der Waals surface area (Å²) in [6, 6.07) is 16.1. The Morgan fingerprint density at radius 3 is 2.71 bits per heavy atom. The number of nitrogens with zero attached hydrogens (tertiary/aromatic N) is 1. The molecule has 0 spiro atoms. The number of methoxy groups -OCH3 is 1. The van der Waals surface area contributed by atoms with Crippen LogP contribution in [0.4, 0.5) is 0 Å². The average molecular weight is 381 g/mol. The molecule has 1 amide bonds. The van der Waals surface area contributed by atoms with Crippen molar-refractivity contribution in [3.63, 3.8) is 0 Å². The first-order chi connectivity index (χ1) is 13.7. The van der Waals surface area contributed by atoms with E-state index < -0.39 is 0 Å². The molecule has 4 heteroatoms. The zero-order valence-corrected chi connectivity index (χ0v) is 17.1. The van der Waals surface area contributed by atoms with Crippen molar-refractivity contribution in [1.82, 2.24) is 10.2 Å². The van der Waals surface area contributed by atoms with Crippen LogP contribution in [0.3, 0.4) is 0 Å². The van der Waals surface area contributed by atoms with Crippen molar-refractivity contribution in [3.05, 3.63) is 65.2 Å². The number of benzene rings is 2. The number of likely N-dealkylation sites (tertiary alicyclic amines) is 1. The standard InChI is InChI=1S/C24H32N2O2/c1-19-7-6-16-26(17-19)18-20-11-13-22(14-12-20)24(27)25-15-5-9-21-8-3-4-10-23(21)28-2/h3-4,8,10-14,19H,5-7,9,15-18H2,1-2H3,(H,25,27)/t19-/m0/s1. The van der Waals surface area contributed by atoms with Crippen molar-refractivity contribution in [2.24, 2.45) is 5.92 Å². The predicted octanol–water partition coefficient (Wildman–Crippen LogP) is 4.29. The number of amides is 1. The number of hydrogen-bond acceptors (Lipinski definition) is 3. The van der Waals surface area contributed by atoms with E-state index in [1.54, 1.807) is 7.11 Å². The van der Waals surface area contributed by atoms with Crippen LogP contribution in [0, 0.1) is 5.92 Å². The summed E-state index contributed by atoms with van der Waals surface area (Å²) in [5.74, 6) is 1.69. The molecule has 1 N–H and O–H groups in total. The van der Waals surface area contributed by atoms with Gasteiger partial charge in [-0.2, -0.15) is 0 Å². The summed E-state index contributed by atoms with van der Waals surface area (Å²) in [5, 5.41) is 3.02. The van der Waals surface area contributed by atoms with Gasteiger partial charge >= 0.3 is 0 Å². The maximum atomic E-state index is 12.4. The van der Waals surface area contributed by atoms with Gasteiger partial charge in [-0.25, -0.2) is 0 Å². The molecule has 150 valence electrons. The van der Waals surface area contributed by atoms with Crippen LogP contribution in [0.5, 0.6) is 5.75 Å². The summed E-state index contributed by atoms with van der Waals surface area (Å²) < 4.78 is 5.37. The minimum absolute atomic E-state index is 0.00169. The lowest BCUT2D eigenvalue weighted by molar-refractivity contribution is 0.0953. The Hall–Kier alpha value is -2.33. The summed E-state index contributed by atoms with van der Waals surface area (Å²) in [5.41, 5.74) is 3.19. The van der Waals surface area contributed by atoms with E-state index in [4.69, 9.17) is 4.74 Å². The fourth-order valence-electron chi connectivity index (χ4n) is 3.94. The number of carbonyl (C=O) groups is 1. The first kappa shape index (κ1) is 20.4. The highest BCUT2D eigenvalue weighted by molar-refractivity contribution is 5.94. The van der Waals surface area contributed by atoms with Crippen LogP contribution in [0.1, 0.15) is 47.7 Å². The molecule has 1 atom stereocenters. The molecule has 0 aliphatic carbocycles. The monoisotopic (exact) mass is 380 g/mol. The number of rotatable bonds is 8. The van der Waals surface area contributed by atoms with E-state index in [0.29, 0.717) is 6.54 Å². The van der Waals surface area contributed by atoms with Crippen LogP contribution in [0.25, 0.3) is 0 Å². The summed E-state index contributed by atoms with van der Waals surface area (Å²) >= 11 is 0. The Labute approximate surface area is 168 Å². The number of carbonyl (C=O) groups excluding carboxylic acids is 1. The Bertz CT molecular complexity index is 757. The van der Waals surface area contributed by atoms with Gasteiger partial charge in [-0.3, -0.25) is 9.69 Å². The van der Waals surface area contributed by atoms with Crippen molar-refractivity contribution >= 4 is 5.91 Å². The smallest absolute Gasteiger partial charge is 0.251 e. The van der Waals surface area contributed by atoms with E-state index in [0.717, 1.165) is 36.6 Å². The highest BCUT2D eigenvalue weighted by atomic mass is 16.5. The lowest BCUT2D eigenvalue weighted by Crippen LogP contribution is -2.33. The molecule has 3 rings (SSSR count). The van der Waals surface area contributed by atoms with E-state index in [2.05, 4.69) is 35.3 Å². The minimum atomic E-state index is -0.00169. The van der Waals surface area contributed by atoms with E-state index >= 15 is 0 Å². The van der Waals surface area contributed by atoms with Crippen molar-refractivity contribution in [2.75, 3.05) is 26.7 Å². The molecule has 1 fully saturated rings. The second-order valence-corrected chi connectivity index (χ2v) is 7.85. The topological polar surface area (TPSA) is 41.6 Å². The SMILES string of the molecule is COc1ccccc1CCCNC(=O)c1ccc(CN2CCC[C@H](C)C2)cc1.